The number of aliphatic hydroxyl groups is 1. The molecule has 216 valence electrons. The average Bonchev–Trinajstić information content (AvgIpc) is 2.99. The van der Waals surface area contributed by atoms with Crippen molar-refractivity contribution in [1.29, 1.82) is 0 Å². The van der Waals surface area contributed by atoms with Gasteiger partial charge in [-0.1, -0.05) is 71.7 Å². The largest absolute Gasteiger partial charge is 0.489 e. The van der Waals surface area contributed by atoms with Gasteiger partial charge in [0, 0.05) is 21.7 Å². The zero-order valence-electron chi connectivity index (χ0n) is 22.9. The minimum atomic E-state index is -0.620. The van der Waals surface area contributed by atoms with Gasteiger partial charge in [-0.05, 0) is 79.9 Å². The summed E-state index contributed by atoms with van der Waals surface area (Å²) in [6.45, 7) is 1.83. The molecule has 0 heterocycles. The van der Waals surface area contributed by atoms with Gasteiger partial charge in [0.1, 0.15) is 37.1 Å². The summed E-state index contributed by atoms with van der Waals surface area (Å²) < 4.78 is 18.3. The molecule has 8 heteroatoms. The molecule has 0 spiro atoms. The lowest BCUT2D eigenvalue weighted by Gasteiger charge is -2.16. The van der Waals surface area contributed by atoms with E-state index in [0.717, 1.165) is 35.3 Å². The molecule has 1 unspecified atom stereocenters. The van der Waals surface area contributed by atoms with Crippen LogP contribution in [-0.4, -0.2) is 18.2 Å². The molecule has 6 nitrogen and oxygen atoms in total. The summed E-state index contributed by atoms with van der Waals surface area (Å²) in [5, 5.41) is 11.3. The fraction of sp³-hybridized carbons (Fsp3) is 0.273. The van der Waals surface area contributed by atoms with Crippen molar-refractivity contribution >= 4 is 23.2 Å². The summed E-state index contributed by atoms with van der Waals surface area (Å²) in [6.07, 6.45) is 1.69. The highest BCUT2D eigenvalue weighted by Crippen LogP contribution is 2.31. The molecular weight excluding hydrogens is 559 g/mol. The van der Waals surface area contributed by atoms with Crippen LogP contribution in [0, 0.1) is 0 Å². The highest BCUT2D eigenvalue weighted by atomic mass is 35.5. The third-order valence-corrected chi connectivity index (χ3v) is 7.48. The van der Waals surface area contributed by atoms with Crippen LogP contribution in [0.4, 0.5) is 0 Å². The fourth-order valence-electron chi connectivity index (χ4n) is 4.36. The smallest absolute Gasteiger partial charge is 0.126 e. The van der Waals surface area contributed by atoms with Crippen molar-refractivity contribution in [3.05, 3.63) is 123 Å². The number of aliphatic hydroxyl groups excluding tert-OH is 1. The zero-order valence-corrected chi connectivity index (χ0v) is 24.4. The average molecular weight is 596 g/mol. The minimum absolute atomic E-state index is 0.231. The summed E-state index contributed by atoms with van der Waals surface area (Å²) in [7, 11) is 0. The van der Waals surface area contributed by atoms with Crippen LogP contribution in [0.15, 0.2) is 84.9 Å². The molecule has 0 radical (unpaired) electrons. The molecule has 0 saturated carbocycles. The number of aryl methyl sites for hydroxylation is 1. The summed E-state index contributed by atoms with van der Waals surface area (Å²) in [5.74, 6) is 2.09. The molecule has 4 rings (SSSR count). The number of nitrogens with two attached hydrogens (primary N) is 2. The lowest BCUT2D eigenvalue weighted by Crippen LogP contribution is -2.07. The lowest BCUT2D eigenvalue weighted by atomic mass is 10.1. The first-order valence-electron chi connectivity index (χ1n) is 13.7. The monoisotopic (exact) mass is 594 g/mol. The summed E-state index contributed by atoms with van der Waals surface area (Å²) in [6, 6.07) is 26.7. The second-order valence-corrected chi connectivity index (χ2v) is 10.5. The Morgan fingerprint density at radius 1 is 0.707 bits per heavy atom. The Morgan fingerprint density at radius 3 is 2.24 bits per heavy atom. The maximum Gasteiger partial charge on any atom is 0.126 e. The van der Waals surface area contributed by atoms with Crippen LogP contribution in [0.5, 0.6) is 17.2 Å². The maximum absolute atomic E-state index is 10.3. The molecule has 4 aromatic carbocycles. The number of benzene rings is 4. The third kappa shape index (κ3) is 8.86. The summed E-state index contributed by atoms with van der Waals surface area (Å²) >= 11 is 13.3. The summed E-state index contributed by atoms with van der Waals surface area (Å²) in [5.41, 5.74) is 15.5. The topological polar surface area (TPSA) is 100.0 Å². The highest BCUT2D eigenvalue weighted by Gasteiger charge is 2.14. The first kappa shape index (κ1) is 30.7. The lowest BCUT2D eigenvalue weighted by molar-refractivity contribution is 0.169. The van der Waals surface area contributed by atoms with Crippen LogP contribution in [0.3, 0.4) is 0 Å². The summed E-state index contributed by atoms with van der Waals surface area (Å²) in [4.78, 5) is 0. The van der Waals surface area contributed by atoms with Gasteiger partial charge < -0.3 is 30.8 Å². The number of rotatable bonds is 15. The van der Waals surface area contributed by atoms with Crippen LogP contribution in [0.1, 0.15) is 46.8 Å². The Morgan fingerprint density at radius 2 is 1.44 bits per heavy atom. The molecule has 0 aromatic heterocycles. The van der Waals surface area contributed by atoms with Crippen LogP contribution < -0.4 is 25.7 Å². The van der Waals surface area contributed by atoms with E-state index < -0.39 is 6.10 Å². The van der Waals surface area contributed by atoms with E-state index in [0.29, 0.717) is 53.2 Å². The number of halogens is 2. The van der Waals surface area contributed by atoms with E-state index in [9.17, 15) is 5.11 Å². The van der Waals surface area contributed by atoms with E-state index in [4.69, 9.17) is 48.9 Å². The van der Waals surface area contributed by atoms with E-state index in [1.54, 1.807) is 0 Å². The number of hydrogen-bond donors (Lipinski definition) is 3. The van der Waals surface area contributed by atoms with Crippen molar-refractivity contribution in [3.63, 3.8) is 0 Å². The van der Waals surface area contributed by atoms with Crippen molar-refractivity contribution in [2.75, 3.05) is 13.1 Å². The molecule has 0 fully saturated rings. The predicted molar refractivity (Wildman–Crippen MR) is 165 cm³/mol. The molecule has 0 aliphatic rings. The first-order chi connectivity index (χ1) is 20.0. The highest BCUT2D eigenvalue weighted by molar-refractivity contribution is 6.36. The second-order valence-electron chi connectivity index (χ2n) is 9.68. The molecular formula is C33H36Cl2N2O4. The number of ether oxygens (including phenoxy) is 3. The Labute approximate surface area is 251 Å². The van der Waals surface area contributed by atoms with Gasteiger partial charge in [-0.25, -0.2) is 0 Å². The van der Waals surface area contributed by atoms with E-state index in [2.05, 4.69) is 6.07 Å². The Bertz CT molecular complexity index is 1420. The van der Waals surface area contributed by atoms with E-state index >= 15 is 0 Å². The Hall–Kier alpha value is -3.26. The molecule has 0 aliphatic heterocycles. The van der Waals surface area contributed by atoms with E-state index in [-0.39, 0.29) is 13.2 Å². The minimum Gasteiger partial charge on any atom is -0.489 e. The van der Waals surface area contributed by atoms with Gasteiger partial charge in [-0.3, -0.25) is 0 Å². The van der Waals surface area contributed by atoms with Gasteiger partial charge in [0.2, 0.25) is 0 Å². The normalized spacial score (nSPS) is 11.7. The van der Waals surface area contributed by atoms with Crippen molar-refractivity contribution in [3.8, 4) is 17.2 Å². The van der Waals surface area contributed by atoms with Crippen LogP contribution in [-0.2, 0) is 26.2 Å². The van der Waals surface area contributed by atoms with Crippen molar-refractivity contribution in [1.82, 2.24) is 0 Å². The van der Waals surface area contributed by atoms with Gasteiger partial charge >= 0.3 is 0 Å². The fourth-order valence-corrected chi connectivity index (χ4v) is 4.89. The number of para-hydroxylation sites is 1. The second kappa shape index (κ2) is 15.7. The van der Waals surface area contributed by atoms with Crippen molar-refractivity contribution in [2.24, 2.45) is 11.5 Å². The Kier molecular flexibility index (Phi) is 11.7. The predicted octanol–water partition coefficient (Wildman–Crippen LogP) is 7.00. The first-order valence-corrected chi connectivity index (χ1v) is 14.4. The van der Waals surface area contributed by atoms with Crippen LogP contribution in [0.25, 0.3) is 0 Å². The quantitative estimate of drug-likeness (QED) is 0.137. The van der Waals surface area contributed by atoms with Gasteiger partial charge in [0.15, 0.2) is 0 Å². The van der Waals surface area contributed by atoms with Crippen molar-refractivity contribution in [2.45, 2.75) is 45.2 Å². The standard InChI is InChI=1S/C33H36Cl2N2O4/c34-30-14-13-26(33(35)29(30)22-40-27-10-3-6-23(18-27)7-5-16-36)21-41-32-12-2-1-8-25(32)20-39-28-11-4-9-24(19-28)31(38)15-17-37/h1-4,6,8-14,18-19,31,38H,5,7,15-17,20-22,36-37H2. The molecule has 1 atom stereocenters. The molecule has 4 aromatic rings. The molecule has 0 aliphatic carbocycles. The van der Waals surface area contributed by atoms with Crippen LogP contribution in [0.2, 0.25) is 10.0 Å². The molecule has 0 bridgehead atoms. The molecule has 0 amide bonds. The van der Waals surface area contributed by atoms with Gasteiger partial charge in [-0.15, -0.1) is 0 Å². The van der Waals surface area contributed by atoms with Gasteiger partial charge in [-0.2, -0.15) is 0 Å². The Balaban J connectivity index is 1.40. The molecule has 5 N–H and O–H groups in total. The third-order valence-electron chi connectivity index (χ3n) is 6.65. The van der Waals surface area contributed by atoms with Gasteiger partial charge in [0.25, 0.3) is 0 Å². The van der Waals surface area contributed by atoms with Gasteiger partial charge in [0.05, 0.1) is 11.1 Å². The maximum atomic E-state index is 10.3. The number of hydrogen-bond acceptors (Lipinski definition) is 6. The molecule has 41 heavy (non-hydrogen) atoms. The SMILES string of the molecule is NCCCc1cccc(OCc2c(Cl)ccc(COc3ccccc3COc3cccc(C(O)CCN)c3)c2Cl)c1. The van der Waals surface area contributed by atoms with Crippen molar-refractivity contribution < 1.29 is 19.3 Å². The van der Waals surface area contributed by atoms with Crippen LogP contribution >= 0.6 is 23.2 Å². The van der Waals surface area contributed by atoms with E-state index in [1.807, 2.05) is 78.9 Å². The molecule has 0 saturated heterocycles. The zero-order chi connectivity index (χ0) is 29.0. The van der Waals surface area contributed by atoms with E-state index in [1.165, 1.54) is 5.56 Å².